The Kier molecular flexibility index (Phi) is 6.09. The summed E-state index contributed by atoms with van der Waals surface area (Å²) in [6.07, 6.45) is 3.38. The van der Waals surface area contributed by atoms with E-state index in [9.17, 15) is 15.4 Å². The number of para-hydroxylation sites is 1. The highest BCUT2D eigenvalue weighted by atomic mass is 16.6. The first kappa shape index (κ1) is 17.2. The van der Waals surface area contributed by atoms with Gasteiger partial charge in [-0.1, -0.05) is 24.3 Å². The van der Waals surface area contributed by atoms with Crippen LogP contribution in [0.3, 0.4) is 0 Å². The van der Waals surface area contributed by atoms with E-state index in [2.05, 4.69) is 12.6 Å². The molecule has 5 nitrogen and oxygen atoms in total. The van der Waals surface area contributed by atoms with Crippen LogP contribution >= 0.6 is 0 Å². The van der Waals surface area contributed by atoms with Crippen LogP contribution < -0.4 is 4.74 Å². The van der Waals surface area contributed by atoms with Crippen molar-refractivity contribution in [2.75, 3.05) is 0 Å². The molecular formula is C19H18N2O3. The molecule has 0 aromatic heterocycles. The Morgan fingerprint density at radius 3 is 2.62 bits per heavy atom. The summed E-state index contributed by atoms with van der Waals surface area (Å²) >= 11 is 0. The topological polar surface area (TPSA) is 76.2 Å². The van der Waals surface area contributed by atoms with E-state index in [1.54, 1.807) is 18.2 Å². The highest BCUT2D eigenvalue weighted by Gasteiger charge is 2.19. The zero-order valence-electron chi connectivity index (χ0n) is 13.2. The number of rotatable bonds is 8. The van der Waals surface area contributed by atoms with Gasteiger partial charge in [0, 0.05) is 11.6 Å². The number of hydrogen-bond donors (Lipinski definition) is 0. The van der Waals surface area contributed by atoms with Gasteiger partial charge in [0.2, 0.25) is 0 Å². The Bertz CT molecular complexity index is 751. The van der Waals surface area contributed by atoms with Crippen LogP contribution in [0.1, 0.15) is 18.4 Å². The molecule has 0 radical (unpaired) electrons. The zero-order chi connectivity index (χ0) is 17.4. The first-order valence-electron chi connectivity index (χ1n) is 7.64. The molecule has 5 heteroatoms. The number of hydrogen-bond acceptors (Lipinski definition) is 4. The van der Waals surface area contributed by atoms with Crippen LogP contribution in [0.2, 0.25) is 0 Å². The van der Waals surface area contributed by atoms with Gasteiger partial charge in [0.25, 0.3) is 5.69 Å². The fourth-order valence-corrected chi connectivity index (χ4v) is 2.39. The molecule has 0 aliphatic heterocycles. The zero-order valence-corrected chi connectivity index (χ0v) is 13.2. The molecule has 0 fully saturated rings. The van der Waals surface area contributed by atoms with E-state index in [0.717, 1.165) is 0 Å². The van der Waals surface area contributed by atoms with E-state index >= 15 is 0 Å². The quantitative estimate of drug-likeness (QED) is 0.388. The van der Waals surface area contributed by atoms with E-state index in [4.69, 9.17) is 4.74 Å². The van der Waals surface area contributed by atoms with Crippen LogP contribution in [0, 0.1) is 27.4 Å². The molecule has 24 heavy (non-hydrogen) atoms. The summed E-state index contributed by atoms with van der Waals surface area (Å²) in [4.78, 5) is 10.8. The van der Waals surface area contributed by atoms with Crippen molar-refractivity contribution in [3.05, 3.63) is 76.9 Å². The molecule has 0 heterocycles. The highest BCUT2D eigenvalue weighted by molar-refractivity contribution is 5.47. The van der Waals surface area contributed by atoms with Crippen LogP contribution in [-0.2, 0) is 6.42 Å². The van der Waals surface area contributed by atoms with Gasteiger partial charge in [-0.15, -0.1) is 6.58 Å². The molecule has 0 amide bonds. The van der Waals surface area contributed by atoms with Gasteiger partial charge in [-0.2, -0.15) is 5.26 Å². The van der Waals surface area contributed by atoms with Crippen LogP contribution in [0.15, 0.2) is 61.2 Å². The van der Waals surface area contributed by atoms with Crippen LogP contribution in [0.4, 0.5) is 5.69 Å². The molecular weight excluding hydrogens is 304 g/mol. The third-order valence-electron chi connectivity index (χ3n) is 3.59. The normalized spacial score (nSPS) is 11.3. The maximum Gasteiger partial charge on any atom is 0.272 e. The lowest BCUT2D eigenvalue weighted by Crippen LogP contribution is -2.05. The van der Waals surface area contributed by atoms with Crippen LogP contribution in [0.25, 0.3) is 0 Å². The maximum absolute atomic E-state index is 11.2. The summed E-state index contributed by atoms with van der Waals surface area (Å²) in [5.74, 6) is 0.872. The van der Waals surface area contributed by atoms with Crippen LogP contribution in [-0.4, -0.2) is 4.92 Å². The Morgan fingerprint density at radius 2 is 2.00 bits per heavy atom. The number of nitrogens with zero attached hydrogens (tertiary/aromatic N) is 2. The molecule has 2 aromatic rings. The second-order valence-corrected chi connectivity index (χ2v) is 5.36. The minimum absolute atomic E-state index is 0.00858. The molecule has 2 aromatic carbocycles. The molecule has 0 bridgehead atoms. The molecule has 0 aliphatic carbocycles. The molecule has 0 spiro atoms. The summed E-state index contributed by atoms with van der Waals surface area (Å²) < 4.78 is 5.73. The Morgan fingerprint density at radius 1 is 1.25 bits per heavy atom. The monoisotopic (exact) mass is 322 g/mol. The minimum atomic E-state index is -0.427. The van der Waals surface area contributed by atoms with Crippen molar-refractivity contribution in [1.82, 2.24) is 0 Å². The van der Waals surface area contributed by atoms with Gasteiger partial charge in [0.05, 0.1) is 16.9 Å². The SMILES string of the molecule is C=CCCC(C#N)Cc1cc(Oc2ccccc2)ccc1[N+](=O)[O-]. The average molecular weight is 322 g/mol. The smallest absolute Gasteiger partial charge is 0.272 e. The summed E-state index contributed by atoms with van der Waals surface area (Å²) in [5, 5.41) is 20.5. The lowest BCUT2D eigenvalue weighted by molar-refractivity contribution is -0.385. The molecule has 122 valence electrons. The van der Waals surface area contributed by atoms with Crippen molar-refractivity contribution < 1.29 is 9.66 Å². The predicted octanol–water partition coefficient (Wildman–Crippen LogP) is 5.04. The van der Waals surface area contributed by atoms with Crippen molar-refractivity contribution in [2.45, 2.75) is 19.3 Å². The van der Waals surface area contributed by atoms with Crippen LogP contribution in [0.5, 0.6) is 11.5 Å². The van der Waals surface area contributed by atoms with Gasteiger partial charge in [-0.25, -0.2) is 0 Å². The molecule has 1 atom stereocenters. The Balaban J connectivity index is 2.26. The van der Waals surface area contributed by atoms with Crippen molar-refractivity contribution in [3.8, 4) is 17.6 Å². The van der Waals surface area contributed by atoms with Gasteiger partial charge in [-0.05, 0) is 43.5 Å². The van der Waals surface area contributed by atoms with Gasteiger partial charge >= 0.3 is 0 Å². The molecule has 1 unspecified atom stereocenters. The van der Waals surface area contributed by atoms with Gasteiger partial charge in [0.1, 0.15) is 11.5 Å². The largest absolute Gasteiger partial charge is 0.457 e. The number of allylic oxidation sites excluding steroid dienone is 1. The number of nitriles is 1. The number of nitro groups is 1. The lowest BCUT2D eigenvalue weighted by Gasteiger charge is -2.11. The van der Waals surface area contributed by atoms with Gasteiger partial charge < -0.3 is 4.74 Å². The number of ether oxygens (including phenoxy) is 1. The Labute approximate surface area is 141 Å². The fraction of sp³-hybridized carbons (Fsp3) is 0.211. The fourth-order valence-electron chi connectivity index (χ4n) is 2.39. The summed E-state index contributed by atoms with van der Waals surface area (Å²) in [7, 11) is 0. The van der Waals surface area contributed by atoms with E-state index in [1.165, 1.54) is 6.07 Å². The molecule has 0 saturated carbocycles. The summed E-state index contributed by atoms with van der Waals surface area (Å²) in [5.41, 5.74) is 0.512. The second-order valence-electron chi connectivity index (χ2n) is 5.36. The van der Waals surface area contributed by atoms with Crippen molar-refractivity contribution >= 4 is 5.69 Å². The highest BCUT2D eigenvalue weighted by Crippen LogP contribution is 2.30. The van der Waals surface area contributed by atoms with Gasteiger partial charge in [0.15, 0.2) is 0 Å². The first-order valence-corrected chi connectivity index (χ1v) is 7.64. The van der Waals surface area contributed by atoms with E-state index < -0.39 is 4.92 Å². The van der Waals surface area contributed by atoms with E-state index in [0.29, 0.717) is 36.3 Å². The number of benzene rings is 2. The second kappa shape index (κ2) is 8.49. The summed E-state index contributed by atoms with van der Waals surface area (Å²) in [6, 6.07) is 16.0. The Hall–Kier alpha value is -3.13. The van der Waals surface area contributed by atoms with E-state index in [1.807, 2.05) is 30.3 Å². The molecule has 0 aliphatic rings. The maximum atomic E-state index is 11.2. The van der Waals surface area contributed by atoms with Crippen molar-refractivity contribution in [3.63, 3.8) is 0 Å². The van der Waals surface area contributed by atoms with Gasteiger partial charge in [-0.3, -0.25) is 10.1 Å². The molecule has 2 rings (SSSR count). The standard InChI is InChI=1S/C19H18N2O3/c1-2-3-7-15(14-20)12-16-13-18(10-11-19(16)21(22)23)24-17-8-5-4-6-9-17/h2,4-6,8-11,13,15H,1,3,7,12H2. The minimum Gasteiger partial charge on any atom is -0.457 e. The average Bonchev–Trinajstić information content (AvgIpc) is 2.59. The lowest BCUT2D eigenvalue weighted by atomic mass is 9.95. The summed E-state index contributed by atoms with van der Waals surface area (Å²) in [6.45, 7) is 3.64. The third kappa shape index (κ3) is 4.68. The third-order valence-corrected chi connectivity index (χ3v) is 3.59. The van der Waals surface area contributed by atoms with E-state index in [-0.39, 0.29) is 11.6 Å². The van der Waals surface area contributed by atoms with Crippen molar-refractivity contribution in [2.24, 2.45) is 5.92 Å². The predicted molar refractivity (Wildman–Crippen MR) is 91.9 cm³/mol. The molecule has 0 saturated heterocycles. The number of nitro benzene ring substituents is 1. The molecule has 0 N–H and O–H groups in total. The van der Waals surface area contributed by atoms with Crippen molar-refractivity contribution in [1.29, 1.82) is 5.26 Å². The first-order chi connectivity index (χ1) is 11.6.